The number of ether oxygens (including phenoxy) is 1. The molecule has 0 aliphatic heterocycles. The number of carbonyl (C=O) groups is 2. The predicted octanol–water partition coefficient (Wildman–Crippen LogP) is 2.08. The lowest BCUT2D eigenvalue weighted by Crippen LogP contribution is -2.33. The Labute approximate surface area is 135 Å². The van der Waals surface area contributed by atoms with Gasteiger partial charge in [-0.05, 0) is 34.0 Å². The fourth-order valence-electron chi connectivity index (χ4n) is 1.96. The molecule has 0 aromatic carbocycles. The summed E-state index contributed by atoms with van der Waals surface area (Å²) in [6.07, 6.45) is 0.0344. The van der Waals surface area contributed by atoms with Crippen LogP contribution in [0.25, 0.3) is 0 Å². The van der Waals surface area contributed by atoms with Gasteiger partial charge >= 0.3 is 11.9 Å². The second-order valence-electron chi connectivity index (χ2n) is 5.23. The maximum atomic E-state index is 12.1. The number of carbonyl (C=O) groups excluding carboxylic acids is 1. The zero-order chi connectivity index (χ0) is 16.7. The average Bonchev–Trinajstić information content (AvgIpc) is 2.80. The molecule has 1 aromatic heterocycles. The smallest absolute Gasteiger partial charge is 0.341 e. The van der Waals surface area contributed by atoms with Crippen molar-refractivity contribution in [3.05, 3.63) is 16.5 Å². The Morgan fingerprint density at radius 2 is 1.95 bits per heavy atom. The third-order valence-corrected chi connectivity index (χ3v) is 4.14. The summed E-state index contributed by atoms with van der Waals surface area (Å²) in [6, 6.07) is 1.81. The van der Waals surface area contributed by atoms with Crippen molar-refractivity contribution in [1.29, 1.82) is 0 Å². The number of likely N-dealkylation sites (N-methyl/N-ethyl adjacent to an activating group) is 1. The Morgan fingerprint density at radius 3 is 2.50 bits per heavy atom. The first kappa shape index (κ1) is 18.4. The quantitative estimate of drug-likeness (QED) is 0.700. The van der Waals surface area contributed by atoms with Crippen LogP contribution in [-0.2, 0) is 9.53 Å². The summed E-state index contributed by atoms with van der Waals surface area (Å²) >= 11 is 1.49. The molecule has 0 unspecified atom stereocenters. The van der Waals surface area contributed by atoms with Crippen LogP contribution in [0.4, 0.5) is 5.00 Å². The molecule has 1 rings (SSSR count). The van der Waals surface area contributed by atoms with Crippen LogP contribution in [0.1, 0.15) is 28.6 Å². The van der Waals surface area contributed by atoms with E-state index in [1.165, 1.54) is 11.3 Å². The summed E-state index contributed by atoms with van der Waals surface area (Å²) < 4.78 is 5.10. The van der Waals surface area contributed by atoms with Crippen molar-refractivity contribution in [2.45, 2.75) is 20.3 Å². The van der Waals surface area contributed by atoms with Gasteiger partial charge in [-0.15, -0.1) is 11.3 Å². The Morgan fingerprint density at radius 1 is 1.27 bits per heavy atom. The van der Waals surface area contributed by atoms with Crippen molar-refractivity contribution >= 4 is 28.3 Å². The van der Waals surface area contributed by atoms with Gasteiger partial charge in [-0.25, -0.2) is 4.79 Å². The summed E-state index contributed by atoms with van der Waals surface area (Å²) in [7, 11) is 3.92. The van der Waals surface area contributed by atoms with Gasteiger partial charge in [0, 0.05) is 24.5 Å². The van der Waals surface area contributed by atoms with Gasteiger partial charge in [0.15, 0.2) is 0 Å². The standard InChI is InChI=1S/C15H24N2O4S/c1-5-21-15(20)12-10-11(2)22-14(12)17(7-6-13(18)19)9-8-16(3)4/h10H,5-9H2,1-4H3,(H,18,19). The van der Waals surface area contributed by atoms with Gasteiger partial charge in [0.2, 0.25) is 0 Å². The molecule has 0 aliphatic rings. The van der Waals surface area contributed by atoms with E-state index in [1.807, 2.05) is 30.8 Å². The van der Waals surface area contributed by atoms with Gasteiger partial charge in [-0.1, -0.05) is 0 Å². The van der Waals surface area contributed by atoms with E-state index in [1.54, 1.807) is 13.0 Å². The highest BCUT2D eigenvalue weighted by atomic mass is 32.1. The van der Waals surface area contributed by atoms with Crippen LogP contribution in [0, 0.1) is 6.92 Å². The molecule has 22 heavy (non-hydrogen) atoms. The summed E-state index contributed by atoms with van der Waals surface area (Å²) in [5, 5.41) is 9.72. The Balaban J connectivity index is 3.00. The molecule has 0 fully saturated rings. The summed E-state index contributed by atoms with van der Waals surface area (Å²) in [4.78, 5) is 28.0. The molecule has 0 saturated carbocycles. The highest BCUT2D eigenvalue weighted by molar-refractivity contribution is 7.16. The van der Waals surface area contributed by atoms with E-state index in [0.29, 0.717) is 25.3 Å². The van der Waals surface area contributed by atoms with Crippen molar-refractivity contribution < 1.29 is 19.4 Å². The van der Waals surface area contributed by atoms with E-state index in [9.17, 15) is 9.59 Å². The van der Waals surface area contributed by atoms with Crippen molar-refractivity contribution in [2.24, 2.45) is 0 Å². The number of hydrogen-bond donors (Lipinski definition) is 1. The first-order chi connectivity index (χ1) is 10.3. The lowest BCUT2D eigenvalue weighted by atomic mass is 10.2. The van der Waals surface area contributed by atoms with Crippen LogP contribution in [0.15, 0.2) is 6.07 Å². The first-order valence-corrected chi connectivity index (χ1v) is 8.05. The number of aliphatic carboxylic acids is 1. The Bertz CT molecular complexity index is 514. The number of hydrogen-bond acceptors (Lipinski definition) is 6. The minimum absolute atomic E-state index is 0.0344. The van der Waals surface area contributed by atoms with Crippen LogP contribution in [0.5, 0.6) is 0 Å². The monoisotopic (exact) mass is 328 g/mol. The summed E-state index contributed by atoms with van der Waals surface area (Å²) in [5.41, 5.74) is 0.522. The molecular formula is C15H24N2O4S. The Hall–Kier alpha value is -1.60. The van der Waals surface area contributed by atoms with E-state index >= 15 is 0 Å². The maximum Gasteiger partial charge on any atom is 0.341 e. The van der Waals surface area contributed by atoms with Gasteiger partial charge < -0.3 is 19.6 Å². The molecule has 1 heterocycles. The molecule has 0 aliphatic carbocycles. The van der Waals surface area contributed by atoms with E-state index in [-0.39, 0.29) is 12.4 Å². The van der Waals surface area contributed by atoms with E-state index < -0.39 is 5.97 Å². The van der Waals surface area contributed by atoms with Crippen LogP contribution in [0.2, 0.25) is 0 Å². The van der Waals surface area contributed by atoms with Gasteiger partial charge in [-0.2, -0.15) is 0 Å². The third-order valence-electron chi connectivity index (χ3n) is 3.03. The van der Waals surface area contributed by atoms with Gasteiger partial charge in [0.1, 0.15) is 5.00 Å². The molecule has 0 atom stereocenters. The summed E-state index contributed by atoms with van der Waals surface area (Å²) in [5.74, 6) is -1.20. The van der Waals surface area contributed by atoms with E-state index in [2.05, 4.69) is 0 Å². The molecule has 1 aromatic rings. The maximum absolute atomic E-state index is 12.1. The number of carboxylic acids is 1. The molecule has 0 spiro atoms. The normalized spacial score (nSPS) is 10.8. The second kappa shape index (κ2) is 8.75. The number of anilines is 1. The molecule has 1 N–H and O–H groups in total. The Kier molecular flexibility index (Phi) is 7.34. The molecular weight excluding hydrogens is 304 g/mol. The summed E-state index contributed by atoms with van der Waals surface area (Å²) in [6.45, 7) is 5.82. The second-order valence-corrected chi connectivity index (χ2v) is 6.47. The molecule has 6 nitrogen and oxygen atoms in total. The van der Waals surface area contributed by atoms with E-state index in [4.69, 9.17) is 9.84 Å². The van der Waals surface area contributed by atoms with Crippen molar-refractivity contribution in [3.8, 4) is 0 Å². The van der Waals surface area contributed by atoms with Crippen molar-refractivity contribution in [3.63, 3.8) is 0 Å². The van der Waals surface area contributed by atoms with Crippen LogP contribution in [-0.4, -0.2) is 62.3 Å². The van der Waals surface area contributed by atoms with Gasteiger partial charge in [-0.3, -0.25) is 4.79 Å². The lowest BCUT2D eigenvalue weighted by Gasteiger charge is -2.25. The van der Waals surface area contributed by atoms with Crippen molar-refractivity contribution in [1.82, 2.24) is 4.90 Å². The first-order valence-electron chi connectivity index (χ1n) is 7.24. The zero-order valence-electron chi connectivity index (χ0n) is 13.6. The molecule has 0 amide bonds. The van der Waals surface area contributed by atoms with E-state index in [0.717, 1.165) is 16.4 Å². The van der Waals surface area contributed by atoms with Gasteiger partial charge in [0.05, 0.1) is 18.6 Å². The third kappa shape index (κ3) is 5.65. The minimum atomic E-state index is -0.846. The predicted molar refractivity (Wildman–Crippen MR) is 88.0 cm³/mol. The van der Waals surface area contributed by atoms with Crippen LogP contribution >= 0.6 is 11.3 Å². The largest absolute Gasteiger partial charge is 0.481 e. The number of nitrogens with zero attached hydrogens (tertiary/aromatic N) is 2. The fraction of sp³-hybridized carbons (Fsp3) is 0.600. The average molecular weight is 328 g/mol. The number of aryl methyl sites for hydroxylation is 1. The number of carboxylic acid groups (broad SMARTS) is 1. The number of thiophene rings is 1. The zero-order valence-corrected chi connectivity index (χ0v) is 14.4. The fourth-order valence-corrected chi connectivity index (χ4v) is 3.00. The molecule has 0 bridgehead atoms. The lowest BCUT2D eigenvalue weighted by molar-refractivity contribution is -0.136. The van der Waals surface area contributed by atoms with Crippen LogP contribution < -0.4 is 4.90 Å². The van der Waals surface area contributed by atoms with Crippen LogP contribution in [0.3, 0.4) is 0 Å². The van der Waals surface area contributed by atoms with Crippen molar-refractivity contribution in [2.75, 3.05) is 45.2 Å². The molecule has 7 heteroatoms. The molecule has 0 radical (unpaired) electrons. The highest BCUT2D eigenvalue weighted by Gasteiger charge is 2.21. The number of esters is 1. The molecule has 0 saturated heterocycles. The topological polar surface area (TPSA) is 70.1 Å². The highest BCUT2D eigenvalue weighted by Crippen LogP contribution is 2.32. The number of rotatable bonds is 9. The minimum Gasteiger partial charge on any atom is -0.481 e. The van der Waals surface area contributed by atoms with Gasteiger partial charge in [0.25, 0.3) is 0 Å². The molecule has 124 valence electrons. The SMILES string of the molecule is CCOC(=O)c1cc(C)sc1N(CCC(=O)O)CCN(C)C.